The number of hydrogen-bond donors (Lipinski definition) is 1. The summed E-state index contributed by atoms with van der Waals surface area (Å²) in [6.45, 7) is 1.10. The van der Waals surface area contributed by atoms with Crippen molar-refractivity contribution in [1.82, 2.24) is 19.5 Å². The molecule has 4 aromatic rings. The van der Waals surface area contributed by atoms with Crippen molar-refractivity contribution in [2.45, 2.75) is 13.0 Å². The summed E-state index contributed by atoms with van der Waals surface area (Å²) in [5, 5.41) is 7.53. The first-order chi connectivity index (χ1) is 14.6. The first kappa shape index (κ1) is 18.6. The lowest BCUT2D eigenvalue weighted by atomic mass is 10.2. The second kappa shape index (κ2) is 7.42. The molecule has 30 heavy (non-hydrogen) atoms. The molecule has 0 fully saturated rings. The molecule has 0 saturated carbocycles. The van der Waals surface area contributed by atoms with Crippen LogP contribution in [0.25, 0.3) is 16.3 Å². The lowest BCUT2D eigenvalue weighted by molar-refractivity contribution is 0.206. The number of halogens is 1. The van der Waals surface area contributed by atoms with E-state index in [2.05, 4.69) is 15.4 Å². The van der Waals surface area contributed by atoms with E-state index in [0.29, 0.717) is 25.3 Å². The van der Waals surface area contributed by atoms with E-state index in [1.165, 1.54) is 23.5 Å². The minimum atomic E-state index is -0.287. The Hall–Kier alpha value is -3.46. The molecule has 7 nitrogen and oxygen atoms in total. The quantitative estimate of drug-likeness (QED) is 0.536. The van der Waals surface area contributed by atoms with Crippen LogP contribution in [-0.4, -0.2) is 39.2 Å². The van der Waals surface area contributed by atoms with Crippen molar-refractivity contribution < 1.29 is 13.9 Å². The fourth-order valence-corrected chi connectivity index (χ4v) is 4.58. The number of rotatable bonds is 3. The van der Waals surface area contributed by atoms with Gasteiger partial charge in [-0.3, -0.25) is 0 Å². The Balaban J connectivity index is 1.33. The van der Waals surface area contributed by atoms with Gasteiger partial charge in [0.05, 0.1) is 19.3 Å². The Kier molecular flexibility index (Phi) is 4.59. The molecule has 0 unspecified atom stereocenters. The number of thiazole rings is 1. The lowest BCUT2D eigenvalue weighted by Gasteiger charge is -2.26. The summed E-state index contributed by atoms with van der Waals surface area (Å²) in [6.07, 6.45) is 0.692. The number of ether oxygens (including phenoxy) is 1. The molecule has 0 atom stereocenters. The molecule has 3 heterocycles. The number of aromatic nitrogens is 3. The number of hydrogen-bond acceptors (Lipinski definition) is 5. The normalized spacial score (nSPS) is 13.3. The number of nitrogens with zero attached hydrogens (tertiary/aromatic N) is 4. The fraction of sp³-hybridized carbons (Fsp3) is 0.190. The highest BCUT2D eigenvalue weighted by Gasteiger charge is 2.26. The fourth-order valence-electron chi connectivity index (χ4n) is 3.46. The van der Waals surface area contributed by atoms with Gasteiger partial charge in [-0.25, -0.2) is 13.7 Å². The second-order valence-corrected chi connectivity index (χ2v) is 8.00. The van der Waals surface area contributed by atoms with E-state index in [1.807, 2.05) is 28.8 Å². The third-order valence-corrected chi connectivity index (χ3v) is 6.11. The van der Waals surface area contributed by atoms with E-state index in [1.54, 1.807) is 24.1 Å². The van der Waals surface area contributed by atoms with Crippen LogP contribution in [0.4, 0.5) is 14.9 Å². The van der Waals surface area contributed by atoms with Gasteiger partial charge < -0.3 is 15.0 Å². The van der Waals surface area contributed by atoms with Crippen LogP contribution in [0.1, 0.15) is 10.6 Å². The van der Waals surface area contributed by atoms with Crippen molar-refractivity contribution in [3.63, 3.8) is 0 Å². The SMILES string of the molecule is COc1ccc(NC(=O)N2CCc3c(sc4nc(-c5ccc(F)cc5)nn34)C2)cc1. The molecule has 0 aliphatic carbocycles. The number of methoxy groups -OCH3 is 1. The van der Waals surface area contributed by atoms with Crippen molar-refractivity contribution in [3.05, 3.63) is 64.9 Å². The van der Waals surface area contributed by atoms with Crippen molar-refractivity contribution in [2.75, 3.05) is 19.0 Å². The monoisotopic (exact) mass is 423 g/mol. The van der Waals surface area contributed by atoms with Crippen molar-refractivity contribution in [3.8, 4) is 17.1 Å². The summed E-state index contributed by atoms with van der Waals surface area (Å²) in [7, 11) is 1.61. The largest absolute Gasteiger partial charge is 0.497 e. The number of carbonyl (C=O) groups is 1. The highest BCUT2D eigenvalue weighted by molar-refractivity contribution is 7.17. The molecule has 0 saturated heterocycles. The summed E-state index contributed by atoms with van der Waals surface area (Å²) < 4.78 is 20.1. The van der Waals surface area contributed by atoms with Gasteiger partial charge in [-0.15, -0.1) is 5.10 Å². The Labute approximate surface area is 175 Å². The average molecular weight is 423 g/mol. The van der Waals surface area contributed by atoms with E-state index in [4.69, 9.17) is 4.74 Å². The molecule has 0 radical (unpaired) electrons. The highest BCUT2D eigenvalue weighted by atomic mass is 32.1. The first-order valence-corrected chi connectivity index (χ1v) is 10.3. The molecule has 152 valence electrons. The van der Waals surface area contributed by atoms with Crippen LogP contribution in [0.5, 0.6) is 5.75 Å². The molecule has 5 rings (SSSR count). The van der Waals surface area contributed by atoms with Crippen LogP contribution in [0.15, 0.2) is 48.5 Å². The van der Waals surface area contributed by atoms with Crippen LogP contribution in [-0.2, 0) is 13.0 Å². The molecule has 0 spiro atoms. The van der Waals surface area contributed by atoms with Crippen LogP contribution in [0.2, 0.25) is 0 Å². The Morgan fingerprint density at radius 2 is 1.93 bits per heavy atom. The molecule has 0 bridgehead atoms. The highest BCUT2D eigenvalue weighted by Crippen LogP contribution is 2.30. The van der Waals surface area contributed by atoms with E-state index in [9.17, 15) is 9.18 Å². The van der Waals surface area contributed by atoms with Crippen molar-refractivity contribution in [2.24, 2.45) is 0 Å². The molecule has 1 N–H and O–H groups in total. The number of nitrogens with one attached hydrogen (secondary N) is 1. The van der Waals surface area contributed by atoms with Gasteiger partial charge >= 0.3 is 6.03 Å². The first-order valence-electron chi connectivity index (χ1n) is 9.44. The van der Waals surface area contributed by atoms with Gasteiger partial charge in [-0.1, -0.05) is 11.3 Å². The zero-order chi connectivity index (χ0) is 20.7. The zero-order valence-electron chi connectivity index (χ0n) is 16.1. The summed E-state index contributed by atoms with van der Waals surface area (Å²) in [5.74, 6) is 1.03. The van der Waals surface area contributed by atoms with E-state index in [-0.39, 0.29) is 11.8 Å². The zero-order valence-corrected chi connectivity index (χ0v) is 16.9. The molecule has 1 aliphatic rings. The number of fused-ring (bicyclic) bond motifs is 3. The van der Waals surface area contributed by atoms with Gasteiger partial charge in [0.2, 0.25) is 4.96 Å². The number of urea groups is 1. The third kappa shape index (κ3) is 3.37. The lowest BCUT2D eigenvalue weighted by Crippen LogP contribution is -2.38. The standard InChI is InChI=1S/C21H18FN5O2S/c1-29-16-8-6-15(7-9-16)23-20(28)26-11-10-17-18(12-26)30-21-24-19(25-27(17)21)13-2-4-14(22)5-3-13/h2-9H,10-12H2,1H3,(H,23,28). The van der Waals surface area contributed by atoms with Gasteiger partial charge in [0.25, 0.3) is 0 Å². The van der Waals surface area contributed by atoms with Crippen molar-refractivity contribution >= 4 is 28.0 Å². The van der Waals surface area contributed by atoms with Gasteiger partial charge in [0, 0.05) is 29.1 Å². The van der Waals surface area contributed by atoms with E-state index < -0.39 is 0 Å². The maximum Gasteiger partial charge on any atom is 0.322 e. The minimum Gasteiger partial charge on any atom is -0.497 e. The number of amides is 2. The molecular formula is C21H18FN5O2S. The topological polar surface area (TPSA) is 71.8 Å². The van der Waals surface area contributed by atoms with Gasteiger partial charge in [-0.05, 0) is 48.5 Å². The number of carbonyl (C=O) groups excluding carboxylic acids is 1. The Morgan fingerprint density at radius 3 is 2.67 bits per heavy atom. The maximum absolute atomic E-state index is 13.2. The molecular weight excluding hydrogens is 405 g/mol. The molecule has 9 heteroatoms. The van der Waals surface area contributed by atoms with Gasteiger partial charge in [-0.2, -0.15) is 4.98 Å². The number of anilines is 1. The van der Waals surface area contributed by atoms with Crippen molar-refractivity contribution in [1.29, 1.82) is 0 Å². The van der Waals surface area contributed by atoms with Crippen LogP contribution in [0.3, 0.4) is 0 Å². The van der Waals surface area contributed by atoms with Crippen LogP contribution in [0, 0.1) is 5.82 Å². The molecule has 2 aromatic heterocycles. The van der Waals surface area contributed by atoms with Gasteiger partial charge in [0.1, 0.15) is 11.6 Å². The predicted octanol–water partition coefficient (Wildman–Crippen LogP) is 4.20. The van der Waals surface area contributed by atoms with Crippen LogP contribution < -0.4 is 10.1 Å². The van der Waals surface area contributed by atoms with Gasteiger partial charge in [0.15, 0.2) is 5.82 Å². The Morgan fingerprint density at radius 1 is 1.17 bits per heavy atom. The average Bonchev–Trinajstić information content (AvgIpc) is 3.32. The third-order valence-electron chi connectivity index (χ3n) is 5.05. The molecule has 2 aromatic carbocycles. The summed E-state index contributed by atoms with van der Waals surface area (Å²) in [4.78, 5) is 20.9. The smallest absolute Gasteiger partial charge is 0.322 e. The molecule has 1 aliphatic heterocycles. The van der Waals surface area contributed by atoms with E-state index in [0.717, 1.165) is 32.5 Å². The Bertz CT molecular complexity index is 1220. The number of benzene rings is 2. The maximum atomic E-state index is 13.2. The minimum absolute atomic E-state index is 0.142. The molecule has 2 amide bonds. The van der Waals surface area contributed by atoms with E-state index >= 15 is 0 Å². The second-order valence-electron chi connectivity index (χ2n) is 6.94. The van der Waals surface area contributed by atoms with Crippen LogP contribution >= 0.6 is 11.3 Å². The summed E-state index contributed by atoms with van der Waals surface area (Å²) in [5.41, 5.74) is 2.57. The predicted molar refractivity (Wildman–Crippen MR) is 112 cm³/mol. The summed E-state index contributed by atoms with van der Waals surface area (Å²) >= 11 is 1.53. The summed E-state index contributed by atoms with van der Waals surface area (Å²) in [6, 6.07) is 13.2.